The van der Waals surface area contributed by atoms with E-state index < -0.39 is 20.8 Å². The molecule has 0 saturated carbocycles. The van der Waals surface area contributed by atoms with Crippen molar-refractivity contribution in [2.45, 2.75) is 29.1 Å². The summed E-state index contributed by atoms with van der Waals surface area (Å²) in [6.07, 6.45) is 6.36. The summed E-state index contributed by atoms with van der Waals surface area (Å²) in [4.78, 5) is 1.01. The predicted octanol–water partition coefficient (Wildman–Crippen LogP) is 4.34. The molecule has 1 unspecified atom stereocenters. The molecule has 1 atom stereocenters. The molecule has 2 aromatic rings. The zero-order valence-electron chi connectivity index (χ0n) is 14.9. The standard InChI is InChI=1S/C20H22ClNO3S2/c21-20-12-11-19(27(24,25)22-13-5-2-6-14-22)16-17(20)8-7-15-26(23)18-9-3-1-4-10-18/h1,3-4,7-12,16H,2,5-6,13-15H2/b8-7-. The molecule has 0 aliphatic carbocycles. The minimum atomic E-state index is -3.50. The van der Waals surface area contributed by atoms with E-state index in [-0.39, 0.29) is 4.90 Å². The van der Waals surface area contributed by atoms with Crippen LogP contribution in [-0.2, 0) is 20.8 Å². The summed E-state index contributed by atoms with van der Waals surface area (Å²) in [5.41, 5.74) is 0.611. The first-order valence-corrected chi connectivity index (χ1v) is 12.0. The second kappa shape index (κ2) is 9.15. The van der Waals surface area contributed by atoms with Crippen molar-refractivity contribution in [1.82, 2.24) is 4.31 Å². The molecule has 1 aliphatic rings. The van der Waals surface area contributed by atoms with Gasteiger partial charge in [0.25, 0.3) is 0 Å². The SMILES string of the molecule is O=S(C/C=C\c1cc(S(=O)(=O)N2CCCCC2)ccc1Cl)c1ccccc1. The van der Waals surface area contributed by atoms with Crippen LogP contribution in [0.25, 0.3) is 6.08 Å². The summed E-state index contributed by atoms with van der Waals surface area (Å²) >= 11 is 6.23. The van der Waals surface area contributed by atoms with Crippen molar-refractivity contribution in [2.24, 2.45) is 0 Å². The van der Waals surface area contributed by atoms with Crippen LogP contribution >= 0.6 is 11.6 Å². The Labute approximate surface area is 168 Å². The zero-order chi connectivity index (χ0) is 19.3. The van der Waals surface area contributed by atoms with E-state index in [4.69, 9.17) is 11.6 Å². The lowest BCUT2D eigenvalue weighted by Crippen LogP contribution is -2.35. The van der Waals surface area contributed by atoms with Gasteiger partial charge in [-0.25, -0.2) is 8.42 Å². The lowest BCUT2D eigenvalue weighted by Gasteiger charge is -2.26. The molecule has 27 heavy (non-hydrogen) atoms. The molecule has 2 aromatic carbocycles. The number of rotatable bonds is 6. The Hall–Kier alpha value is -1.47. The molecule has 0 amide bonds. The number of sulfonamides is 1. The third kappa shape index (κ3) is 5.08. The molecule has 1 fully saturated rings. The van der Waals surface area contributed by atoms with Crippen LogP contribution in [0.5, 0.6) is 0 Å². The maximum absolute atomic E-state index is 12.8. The van der Waals surface area contributed by atoms with E-state index in [1.54, 1.807) is 30.4 Å². The normalized spacial score (nSPS) is 17.2. The van der Waals surface area contributed by atoms with Crippen LogP contribution in [0.1, 0.15) is 24.8 Å². The maximum Gasteiger partial charge on any atom is 0.243 e. The molecule has 1 saturated heterocycles. The maximum atomic E-state index is 12.8. The van der Waals surface area contributed by atoms with Crippen molar-refractivity contribution in [2.75, 3.05) is 18.8 Å². The molecular formula is C20H22ClNO3S2. The fourth-order valence-corrected chi connectivity index (χ4v) is 5.65. The summed E-state index contributed by atoms with van der Waals surface area (Å²) in [5.74, 6) is 0.337. The van der Waals surface area contributed by atoms with Gasteiger partial charge in [0.1, 0.15) is 0 Å². The van der Waals surface area contributed by atoms with Crippen LogP contribution in [0.4, 0.5) is 0 Å². The topological polar surface area (TPSA) is 54.5 Å². The van der Waals surface area contributed by atoms with Crippen molar-refractivity contribution in [3.05, 3.63) is 65.2 Å². The van der Waals surface area contributed by atoms with Crippen LogP contribution < -0.4 is 0 Å². The van der Waals surface area contributed by atoms with Gasteiger partial charge in [-0.3, -0.25) is 4.21 Å². The molecule has 0 N–H and O–H groups in total. The lowest BCUT2D eigenvalue weighted by molar-refractivity contribution is 0.346. The summed E-state index contributed by atoms with van der Waals surface area (Å²) in [6.45, 7) is 1.12. The molecule has 4 nitrogen and oxygen atoms in total. The van der Waals surface area contributed by atoms with Gasteiger partial charge in [0.05, 0.1) is 15.7 Å². The van der Waals surface area contributed by atoms with Gasteiger partial charge in [-0.1, -0.05) is 48.4 Å². The lowest BCUT2D eigenvalue weighted by atomic mass is 10.2. The summed E-state index contributed by atoms with van der Waals surface area (Å²) in [6, 6.07) is 14.0. The van der Waals surface area contributed by atoms with E-state index >= 15 is 0 Å². The Kier molecular flexibility index (Phi) is 6.87. The van der Waals surface area contributed by atoms with Crippen LogP contribution in [0.3, 0.4) is 0 Å². The van der Waals surface area contributed by atoms with Crippen LogP contribution in [0.15, 0.2) is 64.4 Å². The smallest absolute Gasteiger partial charge is 0.243 e. The van der Waals surface area contributed by atoms with E-state index in [2.05, 4.69) is 0 Å². The molecule has 144 valence electrons. The van der Waals surface area contributed by atoms with Gasteiger partial charge in [-0.15, -0.1) is 0 Å². The van der Waals surface area contributed by atoms with Crippen molar-refractivity contribution < 1.29 is 12.6 Å². The highest BCUT2D eigenvalue weighted by molar-refractivity contribution is 7.89. The first-order valence-electron chi connectivity index (χ1n) is 8.88. The Balaban J connectivity index is 1.76. The Morgan fingerprint density at radius 3 is 2.44 bits per heavy atom. The average Bonchev–Trinajstić information content (AvgIpc) is 2.70. The number of nitrogens with zero attached hydrogens (tertiary/aromatic N) is 1. The van der Waals surface area contributed by atoms with Gasteiger partial charge in [-0.2, -0.15) is 4.31 Å². The number of benzene rings is 2. The molecule has 1 aliphatic heterocycles. The second-order valence-corrected chi connectivity index (χ2v) is 10.2. The molecule has 0 bridgehead atoms. The van der Waals surface area contributed by atoms with E-state index in [0.29, 0.717) is 29.4 Å². The Morgan fingerprint density at radius 2 is 1.74 bits per heavy atom. The van der Waals surface area contributed by atoms with Crippen molar-refractivity contribution in [3.8, 4) is 0 Å². The minimum Gasteiger partial charge on any atom is -0.254 e. The third-order valence-electron chi connectivity index (χ3n) is 4.47. The minimum absolute atomic E-state index is 0.248. The predicted molar refractivity (Wildman–Crippen MR) is 111 cm³/mol. The van der Waals surface area contributed by atoms with E-state index in [1.165, 1.54) is 4.31 Å². The Morgan fingerprint density at radius 1 is 1.04 bits per heavy atom. The fraction of sp³-hybridized carbons (Fsp3) is 0.300. The van der Waals surface area contributed by atoms with Crippen LogP contribution in [0, 0.1) is 0 Å². The quantitative estimate of drug-likeness (QED) is 0.694. The van der Waals surface area contributed by atoms with Gasteiger partial charge in [0.2, 0.25) is 10.0 Å². The number of hydrogen-bond acceptors (Lipinski definition) is 3. The summed E-state index contributed by atoms with van der Waals surface area (Å²) in [5, 5.41) is 0.467. The third-order valence-corrected chi connectivity index (χ3v) is 8.00. The van der Waals surface area contributed by atoms with E-state index in [0.717, 1.165) is 24.2 Å². The molecule has 0 radical (unpaired) electrons. The first kappa shape index (κ1) is 20.3. The fourth-order valence-electron chi connectivity index (χ4n) is 3.00. The van der Waals surface area contributed by atoms with Crippen molar-refractivity contribution in [1.29, 1.82) is 0 Å². The van der Waals surface area contributed by atoms with Gasteiger partial charge < -0.3 is 0 Å². The highest BCUT2D eigenvalue weighted by Gasteiger charge is 2.26. The van der Waals surface area contributed by atoms with E-state index in [1.807, 2.05) is 30.3 Å². The monoisotopic (exact) mass is 423 g/mol. The summed E-state index contributed by atoms with van der Waals surface area (Å²) < 4.78 is 39.5. The number of piperidine rings is 1. The van der Waals surface area contributed by atoms with Crippen LogP contribution in [-0.4, -0.2) is 35.8 Å². The molecular weight excluding hydrogens is 402 g/mol. The molecule has 3 rings (SSSR count). The van der Waals surface area contributed by atoms with Gasteiger partial charge >= 0.3 is 0 Å². The van der Waals surface area contributed by atoms with Crippen molar-refractivity contribution >= 4 is 38.5 Å². The zero-order valence-corrected chi connectivity index (χ0v) is 17.3. The highest BCUT2D eigenvalue weighted by atomic mass is 35.5. The van der Waals surface area contributed by atoms with Gasteiger partial charge in [0.15, 0.2) is 0 Å². The molecule has 1 heterocycles. The highest BCUT2D eigenvalue weighted by Crippen LogP contribution is 2.26. The largest absolute Gasteiger partial charge is 0.254 e. The van der Waals surface area contributed by atoms with Crippen molar-refractivity contribution in [3.63, 3.8) is 0 Å². The molecule has 0 aromatic heterocycles. The molecule has 0 spiro atoms. The van der Waals surface area contributed by atoms with Gasteiger partial charge in [-0.05, 0) is 48.7 Å². The second-order valence-electron chi connectivity index (χ2n) is 6.38. The molecule has 7 heteroatoms. The average molecular weight is 424 g/mol. The van der Waals surface area contributed by atoms with E-state index in [9.17, 15) is 12.6 Å². The number of halogens is 1. The van der Waals surface area contributed by atoms with Gasteiger partial charge in [0, 0.05) is 28.8 Å². The number of hydrogen-bond donors (Lipinski definition) is 0. The first-order chi connectivity index (χ1) is 13.0. The van der Waals surface area contributed by atoms with Crippen LogP contribution in [0.2, 0.25) is 5.02 Å². The Bertz CT molecular complexity index is 937. The summed E-state index contributed by atoms with van der Waals surface area (Å²) in [7, 11) is -4.65.